The van der Waals surface area contributed by atoms with Crippen LogP contribution in [0.25, 0.3) is 0 Å². The second kappa shape index (κ2) is 6.62. The Morgan fingerprint density at radius 2 is 1.96 bits per heavy atom. The molecule has 0 spiro atoms. The van der Waals surface area contributed by atoms with E-state index in [0.717, 1.165) is 38.6 Å². The molecule has 2 fully saturated rings. The first-order chi connectivity index (χ1) is 10.5. The number of rotatable bonds is 2. The van der Waals surface area contributed by atoms with E-state index in [4.69, 9.17) is 4.74 Å². The number of hydrogen-bond donors (Lipinski definition) is 1. The summed E-state index contributed by atoms with van der Waals surface area (Å²) < 4.78 is 5.63. The van der Waals surface area contributed by atoms with Gasteiger partial charge in [-0.15, -0.1) is 0 Å². The fourth-order valence-corrected chi connectivity index (χ4v) is 4.22. The smallest absolute Gasteiger partial charge is 0.410 e. The Bertz CT molecular complexity index is 427. The molecule has 0 radical (unpaired) electrons. The van der Waals surface area contributed by atoms with Crippen LogP contribution >= 0.6 is 0 Å². The topological polar surface area (TPSA) is 49.8 Å². The maximum Gasteiger partial charge on any atom is 0.410 e. The molecule has 1 saturated carbocycles. The predicted octanol–water partition coefficient (Wildman–Crippen LogP) is 4.21. The zero-order valence-corrected chi connectivity index (χ0v) is 15.8. The van der Waals surface area contributed by atoms with E-state index in [-0.39, 0.29) is 29.6 Å². The van der Waals surface area contributed by atoms with Crippen LogP contribution in [0.4, 0.5) is 4.79 Å². The lowest BCUT2D eigenvalue weighted by atomic mass is 9.79. The van der Waals surface area contributed by atoms with E-state index >= 15 is 0 Å². The molecule has 134 valence electrons. The molecular formula is C19H35NO3. The van der Waals surface area contributed by atoms with Crippen LogP contribution in [0.2, 0.25) is 0 Å². The summed E-state index contributed by atoms with van der Waals surface area (Å²) in [5, 5.41) is 10.8. The number of hydrogen-bond acceptors (Lipinski definition) is 3. The van der Waals surface area contributed by atoms with Gasteiger partial charge in [-0.3, -0.25) is 0 Å². The zero-order valence-electron chi connectivity index (χ0n) is 15.8. The predicted molar refractivity (Wildman–Crippen MR) is 92.3 cm³/mol. The summed E-state index contributed by atoms with van der Waals surface area (Å²) in [5.41, 5.74) is -0.528. The molecule has 4 atom stereocenters. The van der Waals surface area contributed by atoms with Gasteiger partial charge in [-0.1, -0.05) is 27.2 Å². The fraction of sp³-hybridized carbons (Fsp3) is 0.947. The van der Waals surface area contributed by atoms with Crippen LogP contribution in [0.15, 0.2) is 0 Å². The average molecular weight is 325 g/mol. The molecular weight excluding hydrogens is 290 g/mol. The van der Waals surface area contributed by atoms with Crippen molar-refractivity contribution in [3.05, 3.63) is 0 Å². The number of likely N-dealkylation sites (tertiary alicyclic amines) is 1. The zero-order chi connectivity index (χ0) is 17.4. The minimum Gasteiger partial charge on any atom is -0.444 e. The molecule has 0 bridgehead atoms. The highest BCUT2D eigenvalue weighted by molar-refractivity contribution is 5.68. The highest BCUT2D eigenvalue weighted by Gasteiger charge is 2.48. The van der Waals surface area contributed by atoms with Gasteiger partial charge in [0, 0.05) is 18.5 Å². The Hall–Kier alpha value is -0.770. The third-order valence-electron chi connectivity index (χ3n) is 5.78. The van der Waals surface area contributed by atoms with E-state index in [2.05, 4.69) is 20.8 Å². The lowest BCUT2D eigenvalue weighted by molar-refractivity contribution is -0.0319. The number of ether oxygens (including phenoxy) is 1. The second-order valence-corrected chi connectivity index (χ2v) is 9.18. The second-order valence-electron chi connectivity index (χ2n) is 9.18. The number of aliphatic hydroxyl groups excluding tert-OH is 1. The molecule has 1 N–H and O–H groups in total. The fourth-order valence-electron chi connectivity index (χ4n) is 4.22. The SMILES string of the molecule is CCC1CCN(C(=O)OC(C)(C)C)C(C2CCC(C)(C)C2O)C1. The summed E-state index contributed by atoms with van der Waals surface area (Å²) in [4.78, 5) is 14.6. The number of aliphatic hydroxyl groups is 1. The van der Waals surface area contributed by atoms with Gasteiger partial charge in [0.2, 0.25) is 0 Å². The monoisotopic (exact) mass is 325 g/mol. The molecule has 1 saturated heterocycles. The summed E-state index contributed by atoms with van der Waals surface area (Å²) in [6.07, 6.45) is 4.64. The summed E-state index contributed by atoms with van der Waals surface area (Å²) in [5.74, 6) is 0.821. The van der Waals surface area contributed by atoms with Gasteiger partial charge in [0.05, 0.1) is 6.10 Å². The van der Waals surface area contributed by atoms with Crippen molar-refractivity contribution < 1.29 is 14.6 Å². The summed E-state index contributed by atoms with van der Waals surface area (Å²) >= 11 is 0. The number of carbonyl (C=O) groups excluding carboxylic acids is 1. The average Bonchev–Trinajstić information content (AvgIpc) is 2.71. The lowest BCUT2D eigenvalue weighted by Crippen LogP contribution is -2.53. The van der Waals surface area contributed by atoms with Crippen molar-refractivity contribution in [2.24, 2.45) is 17.3 Å². The van der Waals surface area contributed by atoms with Gasteiger partial charge >= 0.3 is 6.09 Å². The molecule has 2 aliphatic rings. The Labute approximate surface area is 141 Å². The maximum absolute atomic E-state index is 12.7. The highest BCUT2D eigenvalue weighted by atomic mass is 16.6. The largest absolute Gasteiger partial charge is 0.444 e. The number of carbonyl (C=O) groups is 1. The van der Waals surface area contributed by atoms with E-state index in [0.29, 0.717) is 5.92 Å². The molecule has 4 nitrogen and oxygen atoms in total. The maximum atomic E-state index is 12.7. The number of piperidine rings is 1. The van der Waals surface area contributed by atoms with E-state index in [1.54, 1.807) is 0 Å². The molecule has 1 aliphatic heterocycles. The van der Waals surface area contributed by atoms with Crippen LogP contribution in [-0.4, -0.2) is 40.4 Å². The van der Waals surface area contributed by atoms with Crippen molar-refractivity contribution in [3.63, 3.8) is 0 Å². The van der Waals surface area contributed by atoms with Crippen LogP contribution in [0.5, 0.6) is 0 Å². The third kappa shape index (κ3) is 4.20. The molecule has 23 heavy (non-hydrogen) atoms. The van der Waals surface area contributed by atoms with Gasteiger partial charge in [0.25, 0.3) is 0 Å². The molecule has 2 rings (SSSR count). The molecule has 1 heterocycles. The standard InChI is InChI=1S/C19H35NO3/c1-7-13-9-11-20(17(22)23-18(2,3)4)15(12-13)14-8-10-19(5,6)16(14)21/h13-16,21H,7-12H2,1-6H3. The molecule has 1 aliphatic carbocycles. The Morgan fingerprint density at radius 1 is 1.30 bits per heavy atom. The van der Waals surface area contributed by atoms with E-state index in [1.807, 2.05) is 25.7 Å². The first kappa shape index (κ1) is 18.6. The van der Waals surface area contributed by atoms with E-state index in [1.165, 1.54) is 0 Å². The molecule has 1 amide bonds. The Morgan fingerprint density at radius 3 is 2.43 bits per heavy atom. The van der Waals surface area contributed by atoms with E-state index < -0.39 is 5.60 Å². The summed E-state index contributed by atoms with van der Waals surface area (Å²) in [6, 6.07) is 0.111. The van der Waals surface area contributed by atoms with E-state index in [9.17, 15) is 9.90 Å². The van der Waals surface area contributed by atoms with Crippen molar-refractivity contribution in [3.8, 4) is 0 Å². The van der Waals surface area contributed by atoms with Crippen LogP contribution in [0, 0.1) is 17.3 Å². The van der Waals surface area contributed by atoms with Gasteiger partial charge in [-0.25, -0.2) is 4.79 Å². The van der Waals surface area contributed by atoms with Gasteiger partial charge < -0.3 is 14.7 Å². The normalized spacial score (nSPS) is 34.5. The van der Waals surface area contributed by atoms with Crippen molar-refractivity contribution >= 4 is 6.09 Å². The first-order valence-corrected chi connectivity index (χ1v) is 9.23. The van der Waals surface area contributed by atoms with Gasteiger partial charge in [-0.2, -0.15) is 0 Å². The quantitative estimate of drug-likeness (QED) is 0.827. The van der Waals surface area contributed by atoms with Crippen LogP contribution in [-0.2, 0) is 4.74 Å². The summed E-state index contributed by atoms with van der Waals surface area (Å²) in [6.45, 7) is 13.0. The van der Waals surface area contributed by atoms with Crippen LogP contribution in [0.1, 0.15) is 73.6 Å². The first-order valence-electron chi connectivity index (χ1n) is 9.23. The van der Waals surface area contributed by atoms with Crippen LogP contribution in [0.3, 0.4) is 0 Å². The van der Waals surface area contributed by atoms with Crippen LogP contribution < -0.4 is 0 Å². The molecule has 4 heteroatoms. The van der Waals surface area contributed by atoms with Crippen molar-refractivity contribution in [2.45, 2.75) is 91.4 Å². The Kier molecular flexibility index (Phi) is 5.34. The molecule has 0 aromatic carbocycles. The van der Waals surface area contributed by atoms with Crippen molar-refractivity contribution in [1.82, 2.24) is 4.90 Å². The van der Waals surface area contributed by atoms with Crippen molar-refractivity contribution in [2.75, 3.05) is 6.54 Å². The Balaban J connectivity index is 2.18. The molecule has 0 aromatic heterocycles. The minimum atomic E-state index is -0.475. The van der Waals surface area contributed by atoms with Gasteiger partial charge in [0.1, 0.15) is 5.60 Å². The summed E-state index contributed by atoms with van der Waals surface area (Å²) in [7, 11) is 0. The van der Waals surface area contributed by atoms with Crippen molar-refractivity contribution in [1.29, 1.82) is 0 Å². The van der Waals surface area contributed by atoms with Gasteiger partial charge in [0.15, 0.2) is 0 Å². The molecule has 0 aromatic rings. The minimum absolute atomic E-state index is 0.0522. The number of nitrogens with zero attached hydrogens (tertiary/aromatic N) is 1. The van der Waals surface area contributed by atoms with Gasteiger partial charge in [-0.05, 0) is 57.8 Å². The molecule has 4 unspecified atom stereocenters. The third-order valence-corrected chi connectivity index (χ3v) is 5.78. The lowest BCUT2D eigenvalue weighted by Gasteiger charge is -2.44. The number of amides is 1. The highest BCUT2D eigenvalue weighted by Crippen LogP contribution is 2.46.